The number of Topliss-reactive ketones (excluding diaryl/α,β-unsaturated/α-hetero) is 1. The lowest BCUT2D eigenvalue weighted by atomic mass is 9.84. The van der Waals surface area contributed by atoms with Crippen LogP contribution in [-0.2, 0) is 22.0 Å². The molecule has 0 amide bonds. The van der Waals surface area contributed by atoms with Crippen LogP contribution in [0.4, 0.5) is 10.1 Å². The molecule has 8 nitrogen and oxygen atoms in total. The van der Waals surface area contributed by atoms with Gasteiger partial charge in [-0.05, 0) is 54.7 Å². The molecule has 3 rings (SSSR count). The predicted molar refractivity (Wildman–Crippen MR) is 139 cm³/mol. The van der Waals surface area contributed by atoms with Crippen LogP contribution in [0.2, 0.25) is 0 Å². The number of amidine groups is 1. The van der Waals surface area contributed by atoms with E-state index in [9.17, 15) is 13.2 Å². The number of carbonyl (C=O) groups excluding carboxylic acids is 1. The summed E-state index contributed by atoms with van der Waals surface area (Å²) in [5, 5.41) is 8.55. The molecule has 1 N–H and O–H groups in total. The first-order valence-corrected chi connectivity index (χ1v) is 13.6. The van der Waals surface area contributed by atoms with Crippen molar-refractivity contribution in [2.75, 3.05) is 37.4 Å². The Hall–Kier alpha value is -3.14. The summed E-state index contributed by atoms with van der Waals surface area (Å²) >= 11 is 0. The Morgan fingerprint density at radius 1 is 1.17 bits per heavy atom. The van der Waals surface area contributed by atoms with Gasteiger partial charge < -0.3 is 14.4 Å². The molecule has 0 fully saturated rings. The van der Waals surface area contributed by atoms with Crippen LogP contribution < -0.4 is 13.8 Å². The summed E-state index contributed by atoms with van der Waals surface area (Å²) in [5.74, 6) is -0.777. The highest BCUT2D eigenvalue weighted by Crippen LogP contribution is 2.39. The average Bonchev–Trinajstić information content (AvgIpc) is 3.09. The monoisotopic (exact) mass is 519 g/mol. The largest absolute Gasteiger partial charge is 0.490 e. The normalized spacial score (nSPS) is 13.6. The summed E-state index contributed by atoms with van der Waals surface area (Å²) < 4.78 is 51.8. The minimum atomic E-state index is -3.49. The molecule has 0 spiro atoms. The number of anilines is 1. The Morgan fingerprint density at radius 2 is 1.81 bits per heavy atom. The Kier molecular flexibility index (Phi) is 7.69. The number of carbonyl (C=O) groups is 1. The summed E-state index contributed by atoms with van der Waals surface area (Å²) in [6.45, 7) is 9.98. The van der Waals surface area contributed by atoms with Crippen LogP contribution in [-0.4, -0.2) is 58.0 Å². The maximum atomic E-state index is 15.3. The van der Waals surface area contributed by atoms with Crippen molar-refractivity contribution >= 4 is 27.3 Å². The fraction of sp³-hybridized carbons (Fsp3) is 0.462. The zero-order valence-corrected chi connectivity index (χ0v) is 22.7. The van der Waals surface area contributed by atoms with Crippen molar-refractivity contribution in [3.05, 3.63) is 52.3 Å². The van der Waals surface area contributed by atoms with Crippen LogP contribution in [0.25, 0.3) is 0 Å². The first-order valence-electron chi connectivity index (χ1n) is 11.8. The number of benzene rings is 2. The molecule has 0 bridgehead atoms. The number of ketones is 1. The first-order chi connectivity index (χ1) is 16.7. The SMILES string of the molecule is CCOc1cc2c(c(F)c1OCC)C(=N)N(CC(=O)c1ccc(N(C)S(C)(=O)=O)c(C(C)(C)C)c1)C2. The van der Waals surface area contributed by atoms with Crippen molar-refractivity contribution in [3.63, 3.8) is 0 Å². The predicted octanol–water partition coefficient (Wildman–Crippen LogP) is 4.34. The second-order valence-electron chi connectivity index (χ2n) is 9.76. The standard InChI is InChI=1S/C26H34FN3O5S/c1-8-34-21-13-17-14-30(25(28)22(17)23(27)24(21)35-9-2)15-20(31)16-10-11-19(29(6)36(7,32)33)18(12-16)26(3,4)5/h10-13,28H,8-9,14-15H2,1-7H3. The molecule has 10 heteroatoms. The summed E-state index contributed by atoms with van der Waals surface area (Å²) in [6.07, 6.45) is 1.13. The molecule has 0 radical (unpaired) electrons. The van der Waals surface area contributed by atoms with Crippen LogP contribution >= 0.6 is 0 Å². The van der Waals surface area contributed by atoms with Gasteiger partial charge in [0.05, 0.1) is 37.3 Å². The van der Waals surface area contributed by atoms with E-state index >= 15 is 4.39 Å². The smallest absolute Gasteiger partial charge is 0.232 e. The third-order valence-electron chi connectivity index (χ3n) is 6.07. The van der Waals surface area contributed by atoms with Crippen molar-refractivity contribution in [1.82, 2.24) is 4.90 Å². The molecule has 36 heavy (non-hydrogen) atoms. The van der Waals surface area contributed by atoms with Crippen molar-refractivity contribution < 1.29 is 27.1 Å². The molecule has 0 aromatic heterocycles. The van der Waals surface area contributed by atoms with E-state index < -0.39 is 21.3 Å². The second kappa shape index (κ2) is 10.1. The van der Waals surface area contributed by atoms with Crippen LogP contribution in [0.5, 0.6) is 11.5 Å². The summed E-state index contributed by atoms with van der Waals surface area (Å²) in [4.78, 5) is 14.8. The molecule has 1 aliphatic rings. The van der Waals surface area contributed by atoms with Gasteiger partial charge in [-0.3, -0.25) is 14.5 Å². The molecule has 0 saturated heterocycles. The average molecular weight is 520 g/mol. The number of fused-ring (bicyclic) bond motifs is 1. The van der Waals surface area contributed by atoms with Crippen LogP contribution in [0.15, 0.2) is 24.3 Å². The molecule has 1 heterocycles. The molecule has 0 aliphatic carbocycles. The van der Waals surface area contributed by atoms with Gasteiger partial charge in [-0.15, -0.1) is 0 Å². The van der Waals surface area contributed by atoms with Crippen LogP contribution in [0, 0.1) is 11.2 Å². The van der Waals surface area contributed by atoms with Gasteiger partial charge in [0.2, 0.25) is 10.0 Å². The third kappa shape index (κ3) is 5.33. The van der Waals surface area contributed by atoms with E-state index in [2.05, 4.69) is 0 Å². The molecule has 1 aliphatic heterocycles. The van der Waals surface area contributed by atoms with E-state index in [1.165, 1.54) is 16.3 Å². The molecule has 0 saturated carbocycles. The molecule has 2 aromatic rings. The van der Waals surface area contributed by atoms with Gasteiger partial charge in [-0.1, -0.05) is 20.8 Å². The lowest BCUT2D eigenvalue weighted by molar-refractivity contribution is 0.0962. The van der Waals surface area contributed by atoms with Gasteiger partial charge in [-0.2, -0.15) is 0 Å². The molecule has 0 unspecified atom stereocenters. The molecule has 0 atom stereocenters. The van der Waals surface area contributed by atoms with Gasteiger partial charge in [-0.25, -0.2) is 12.8 Å². The zero-order chi connectivity index (χ0) is 27.0. The van der Waals surface area contributed by atoms with Crippen molar-refractivity contribution in [2.45, 2.75) is 46.6 Å². The second-order valence-corrected chi connectivity index (χ2v) is 11.8. The number of halogens is 1. The lowest BCUT2D eigenvalue weighted by Crippen LogP contribution is -2.31. The van der Waals surface area contributed by atoms with Gasteiger partial charge in [0.25, 0.3) is 0 Å². The van der Waals surface area contributed by atoms with E-state index in [0.29, 0.717) is 29.0 Å². The van der Waals surface area contributed by atoms with Crippen LogP contribution in [0.1, 0.15) is 61.7 Å². The van der Waals surface area contributed by atoms with Crippen LogP contribution in [0.3, 0.4) is 0 Å². The quantitative estimate of drug-likeness (QED) is 0.495. The molecule has 2 aromatic carbocycles. The summed E-state index contributed by atoms with van der Waals surface area (Å²) in [7, 11) is -2.01. The first kappa shape index (κ1) is 27.4. The molecular formula is C26H34FN3O5S. The Morgan fingerprint density at radius 3 is 2.36 bits per heavy atom. The van der Waals surface area contributed by atoms with Crippen molar-refractivity contribution in [2.24, 2.45) is 0 Å². The Bertz CT molecular complexity index is 1300. The van der Waals surface area contributed by atoms with Gasteiger partial charge in [0, 0.05) is 19.2 Å². The number of nitrogens with one attached hydrogen (secondary N) is 1. The highest BCUT2D eigenvalue weighted by atomic mass is 32.2. The zero-order valence-electron chi connectivity index (χ0n) is 21.9. The summed E-state index contributed by atoms with van der Waals surface area (Å²) in [5.41, 5.74) is 1.81. The number of sulfonamides is 1. The highest BCUT2D eigenvalue weighted by molar-refractivity contribution is 7.92. The maximum Gasteiger partial charge on any atom is 0.232 e. The van der Waals surface area contributed by atoms with Gasteiger partial charge in [0.1, 0.15) is 5.84 Å². The lowest BCUT2D eigenvalue weighted by Gasteiger charge is -2.28. The minimum Gasteiger partial charge on any atom is -0.490 e. The summed E-state index contributed by atoms with van der Waals surface area (Å²) in [6, 6.07) is 6.58. The fourth-order valence-corrected chi connectivity index (χ4v) is 4.70. The fourth-order valence-electron chi connectivity index (χ4n) is 4.19. The van der Waals surface area contributed by atoms with E-state index in [0.717, 1.165) is 6.26 Å². The number of hydrogen-bond acceptors (Lipinski definition) is 6. The maximum absolute atomic E-state index is 15.3. The minimum absolute atomic E-state index is 0.0311. The number of rotatable bonds is 9. The van der Waals surface area contributed by atoms with Gasteiger partial charge in [0.15, 0.2) is 23.1 Å². The number of nitrogens with zero attached hydrogens (tertiary/aromatic N) is 2. The molecule has 196 valence electrons. The topological polar surface area (TPSA) is 100 Å². The van der Waals surface area contributed by atoms with Gasteiger partial charge >= 0.3 is 0 Å². The number of ether oxygens (including phenoxy) is 2. The highest BCUT2D eigenvalue weighted by Gasteiger charge is 2.33. The third-order valence-corrected chi connectivity index (χ3v) is 7.26. The molecular weight excluding hydrogens is 485 g/mol. The van der Waals surface area contributed by atoms with E-state index in [1.807, 2.05) is 20.8 Å². The Labute approximate surface area is 212 Å². The van der Waals surface area contributed by atoms with Crippen molar-refractivity contribution in [1.29, 1.82) is 5.41 Å². The van der Waals surface area contributed by atoms with E-state index in [1.54, 1.807) is 38.1 Å². The van der Waals surface area contributed by atoms with E-state index in [-0.39, 0.29) is 48.4 Å². The Balaban J connectivity index is 1.92. The number of hydrogen-bond donors (Lipinski definition) is 1. The van der Waals surface area contributed by atoms with E-state index in [4.69, 9.17) is 14.9 Å². The van der Waals surface area contributed by atoms with Crippen molar-refractivity contribution in [3.8, 4) is 11.5 Å².